The molecule has 0 aliphatic carbocycles. The third-order valence-corrected chi connectivity index (χ3v) is 4.90. The zero-order chi connectivity index (χ0) is 22.4. The van der Waals surface area contributed by atoms with Gasteiger partial charge in [0.05, 0.1) is 0 Å². The summed E-state index contributed by atoms with van der Waals surface area (Å²) in [6.07, 6.45) is 0.347. The van der Waals surface area contributed by atoms with Crippen molar-refractivity contribution in [2.45, 2.75) is 46.3 Å². The van der Waals surface area contributed by atoms with Crippen molar-refractivity contribution >= 4 is 23.0 Å². The number of benzene rings is 2. The Bertz CT molecular complexity index is 1140. The van der Waals surface area contributed by atoms with Gasteiger partial charge in [-0.05, 0) is 43.5 Å². The SMILES string of the molecule is CCC[C@@H](NC(=O)OCc1ccccc1)C(=O)Oc1ccc2c(C)cc(=O)oc2c1C. The molecule has 0 saturated carbocycles. The van der Waals surface area contributed by atoms with Gasteiger partial charge in [0.1, 0.15) is 24.0 Å². The maximum absolute atomic E-state index is 12.7. The van der Waals surface area contributed by atoms with Gasteiger partial charge in [0.2, 0.25) is 0 Å². The second kappa shape index (κ2) is 9.93. The highest BCUT2D eigenvalue weighted by Gasteiger charge is 2.24. The molecule has 162 valence electrons. The summed E-state index contributed by atoms with van der Waals surface area (Å²) < 4.78 is 16.1. The number of alkyl carbamates (subject to hydrolysis) is 1. The maximum atomic E-state index is 12.7. The number of carbonyl (C=O) groups excluding carboxylic acids is 2. The van der Waals surface area contributed by atoms with E-state index >= 15 is 0 Å². The van der Waals surface area contributed by atoms with Gasteiger partial charge >= 0.3 is 17.7 Å². The lowest BCUT2D eigenvalue weighted by Crippen LogP contribution is -2.43. The molecule has 1 atom stereocenters. The van der Waals surface area contributed by atoms with Crippen LogP contribution in [0.3, 0.4) is 0 Å². The van der Waals surface area contributed by atoms with E-state index in [0.29, 0.717) is 24.0 Å². The highest BCUT2D eigenvalue weighted by atomic mass is 16.6. The molecule has 31 heavy (non-hydrogen) atoms. The number of hydrogen-bond acceptors (Lipinski definition) is 6. The summed E-state index contributed by atoms with van der Waals surface area (Å²) in [4.78, 5) is 36.7. The van der Waals surface area contributed by atoms with Crippen LogP contribution in [-0.4, -0.2) is 18.1 Å². The normalized spacial score (nSPS) is 11.7. The Morgan fingerprint density at radius 2 is 1.84 bits per heavy atom. The quantitative estimate of drug-likeness (QED) is 0.344. The number of aryl methyl sites for hydroxylation is 2. The topological polar surface area (TPSA) is 94.8 Å². The van der Waals surface area contributed by atoms with Crippen LogP contribution < -0.4 is 15.7 Å². The summed E-state index contributed by atoms with van der Waals surface area (Å²) in [5.74, 6) is -0.345. The van der Waals surface area contributed by atoms with Crippen molar-refractivity contribution in [1.29, 1.82) is 0 Å². The summed E-state index contributed by atoms with van der Waals surface area (Å²) >= 11 is 0. The number of fused-ring (bicyclic) bond motifs is 1. The van der Waals surface area contributed by atoms with Crippen molar-refractivity contribution in [2.75, 3.05) is 0 Å². The molecule has 0 aliphatic heterocycles. The fourth-order valence-electron chi connectivity index (χ4n) is 3.23. The van der Waals surface area contributed by atoms with Gasteiger partial charge in [-0.25, -0.2) is 14.4 Å². The van der Waals surface area contributed by atoms with Crippen LogP contribution in [0.15, 0.2) is 57.7 Å². The largest absolute Gasteiger partial charge is 0.445 e. The molecular weight excluding hydrogens is 398 g/mol. The standard InChI is InChI=1S/C24H25NO6/c1-4-8-19(25-24(28)29-14-17-9-6-5-7-10-17)23(27)30-20-12-11-18-15(2)13-21(26)31-22(18)16(20)3/h5-7,9-13,19H,4,8,14H2,1-3H3,(H,25,28)/t19-/m1/s1. The lowest BCUT2D eigenvalue weighted by atomic mass is 10.1. The van der Waals surface area contributed by atoms with Crippen LogP contribution in [0, 0.1) is 13.8 Å². The fourth-order valence-corrected chi connectivity index (χ4v) is 3.23. The monoisotopic (exact) mass is 423 g/mol. The van der Waals surface area contributed by atoms with Crippen LogP contribution in [0.4, 0.5) is 4.79 Å². The second-order valence-electron chi connectivity index (χ2n) is 7.28. The number of ether oxygens (including phenoxy) is 2. The number of amides is 1. The Labute approximate surface area is 180 Å². The molecule has 1 amide bonds. The average Bonchev–Trinajstić information content (AvgIpc) is 2.75. The molecule has 0 spiro atoms. The molecule has 7 heteroatoms. The number of esters is 1. The van der Waals surface area contributed by atoms with Crippen molar-refractivity contribution in [3.63, 3.8) is 0 Å². The molecule has 0 unspecified atom stereocenters. The first-order valence-electron chi connectivity index (χ1n) is 10.1. The van der Waals surface area contributed by atoms with E-state index in [1.54, 1.807) is 19.1 Å². The maximum Gasteiger partial charge on any atom is 0.408 e. The van der Waals surface area contributed by atoms with Gasteiger partial charge in [-0.3, -0.25) is 0 Å². The van der Waals surface area contributed by atoms with Crippen LogP contribution in [0.2, 0.25) is 0 Å². The molecule has 0 radical (unpaired) electrons. The summed E-state index contributed by atoms with van der Waals surface area (Å²) in [6.45, 7) is 5.52. The highest BCUT2D eigenvalue weighted by molar-refractivity contribution is 5.87. The Hall–Kier alpha value is -3.61. The average molecular weight is 423 g/mol. The summed E-state index contributed by atoms with van der Waals surface area (Å²) in [5, 5.41) is 3.34. The van der Waals surface area contributed by atoms with Crippen LogP contribution in [-0.2, 0) is 16.1 Å². The third-order valence-electron chi connectivity index (χ3n) is 4.90. The fraction of sp³-hybridized carbons (Fsp3) is 0.292. The Morgan fingerprint density at radius 3 is 2.55 bits per heavy atom. The van der Waals surface area contributed by atoms with Crippen molar-refractivity contribution < 1.29 is 23.5 Å². The second-order valence-corrected chi connectivity index (χ2v) is 7.28. The summed E-state index contributed by atoms with van der Waals surface area (Å²) in [5.41, 5.74) is 2.06. The molecule has 2 aromatic carbocycles. The number of nitrogens with one attached hydrogen (secondary N) is 1. The van der Waals surface area contributed by atoms with Crippen molar-refractivity contribution in [3.05, 3.63) is 75.6 Å². The van der Waals surface area contributed by atoms with Crippen molar-refractivity contribution in [2.24, 2.45) is 0 Å². The molecule has 0 saturated heterocycles. The van der Waals surface area contributed by atoms with E-state index < -0.39 is 23.7 Å². The van der Waals surface area contributed by atoms with E-state index in [2.05, 4.69) is 5.32 Å². The zero-order valence-electron chi connectivity index (χ0n) is 17.8. The van der Waals surface area contributed by atoms with E-state index in [-0.39, 0.29) is 12.4 Å². The van der Waals surface area contributed by atoms with Crippen LogP contribution in [0.5, 0.6) is 5.75 Å². The van der Waals surface area contributed by atoms with Gasteiger partial charge in [-0.2, -0.15) is 0 Å². The van der Waals surface area contributed by atoms with Gasteiger partial charge < -0.3 is 19.2 Å². The van der Waals surface area contributed by atoms with E-state index in [9.17, 15) is 14.4 Å². The van der Waals surface area contributed by atoms with Gasteiger partial charge in [0.25, 0.3) is 0 Å². The Balaban J connectivity index is 1.71. The Kier molecular flexibility index (Phi) is 7.07. The van der Waals surface area contributed by atoms with Crippen LogP contribution in [0.25, 0.3) is 11.0 Å². The molecule has 0 aliphatic rings. The van der Waals surface area contributed by atoms with Gasteiger partial charge in [0.15, 0.2) is 0 Å². The van der Waals surface area contributed by atoms with E-state index in [1.807, 2.05) is 44.2 Å². The van der Waals surface area contributed by atoms with E-state index in [4.69, 9.17) is 13.9 Å². The van der Waals surface area contributed by atoms with E-state index in [0.717, 1.165) is 16.5 Å². The number of hydrogen-bond donors (Lipinski definition) is 1. The zero-order valence-corrected chi connectivity index (χ0v) is 17.8. The molecule has 0 bridgehead atoms. The van der Waals surface area contributed by atoms with Gasteiger partial charge in [0, 0.05) is 17.0 Å². The highest BCUT2D eigenvalue weighted by Crippen LogP contribution is 2.28. The lowest BCUT2D eigenvalue weighted by molar-refractivity contribution is -0.136. The van der Waals surface area contributed by atoms with Crippen molar-refractivity contribution in [1.82, 2.24) is 5.32 Å². The predicted octanol–water partition coefficient (Wildman–Crippen LogP) is 4.41. The van der Waals surface area contributed by atoms with Crippen LogP contribution >= 0.6 is 0 Å². The Morgan fingerprint density at radius 1 is 1.10 bits per heavy atom. The van der Waals surface area contributed by atoms with Gasteiger partial charge in [-0.1, -0.05) is 43.7 Å². The smallest absolute Gasteiger partial charge is 0.408 e. The molecule has 3 aromatic rings. The number of carbonyl (C=O) groups is 2. The predicted molar refractivity (Wildman–Crippen MR) is 116 cm³/mol. The summed E-state index contributed by atoms with van der Waals surface area (Å²) in [7, 11) is 0. The molecular formula is C24H25NO6. The van der Waals surface area contributed by atoms with Crippen LogP contribution in [0.1, 0.15) is 36.5 Å². The molecule has 1 N–H and O–H groups in total. The lowest BCUT2D eigenvalue weighted by Gasteiger charge is -2.18. The molecule has 3 rings (SSSR count). The third kappa shape index (κ3) is 5.51. The molecule has 7 nitrogen and oxygen atoms in total. The minimum Gasteiger partial charge on any atom is -0.445 e. The first-order valence-corrected chi connectivity index (χ1v) is 10.1. The van der Waals surface area contributed by atoms with Crippen molar-refractivity contribution in [3.8, 4) is 5.75 Å². The first kappa shape index (κ1) is 22.1. The van der Waals surface area contributed by atoms with E-state index in [1.165, 1.54) is 6.07 Å². The minimum absolute atomic E-state index is 0.0999. The minimum atomic E-state index is -0.868. The number of rotatable bonds is 7. The van der Waals surface area contributed by atoms with Gasteiger partial charge in [-0.15, -0.1) is 0 Å². The first-order chi connectivity index (χ1) is 14.9. The molecule has 0 fully saturated rings. The molecule has 1 heterocycles. The molecule has 1 aromatic heterocycles. The summed E-state index contributed by atoms with van der Waals surface area (Å²) in [6, 6.07) is 13.2.